The highest BCUT2D eigenvalue weighted by molar-refractivity contribution is 6.33. The third-order valence-electron chi connectivity index (χ3n) is 6.05. The predicted octanol–water partition coefficient (Wildman–Crippen LogP) is 2.66. The van der Waals surface area contributed by atoms with Gasteiger partial charge in [0.25, 0.3) is 11.8 Å². The summed E-state index contributed by atoms with van der Waals surface area (Å²) in [6.07, 6.45) is -0.262. The molecule has 33 heavy (non-hydrogen) atoms. The maximum absolute atomic E-state index is 13.3. The quantitative estimate of drug-likeness (QED) is 0.621. The number of halogens is 1. The summed E-state index contributed by atoms with van der Waals surface area (Å²) in [5.41, 5.74) is 1.14. The van der Waals surface area contributed by atoms with Crippen LogP contribution in [0.1, 0.15) is 20.7 Å². The standard InChI is InChI=1S/C25H30ClN3O4/c26-23-9-5-4-8-22(23)25(31)29-14-17-33-21(19-29)18-28(11-10-27-12-15-32-16-13-27)24(30)20-6-2-1-3-7-20/h1-9,21H,10-19H2. The van der Waals surface area contributed by atoms with Crippen molar-refractivity contribution in [2.75, 3.05) is 65.6 Å². The van der Waals surface area contributed by atoms with Crippen LogP contribution in [0.5, 0.6) is 0 Å². The third-order valence-corrected chi connectivity index (χ3v) is 6.38. The molecule has 0 bridgehead atoms. The lowest BCUT2D eigenvalue weighted by molar-refractivity contribution is -0.0346. The lowest BCUT2D eigenvalue weighted by Gasteiger charge is -2.37. The SMILES string of the molecule is O=C(c1ccccc1)N(CCN1CCOCC1)CC1CN(C(=O)c2ccccc2Cl)CCO1. The fraction of sp³-hybridized carbons (Fsp3) is 0.440. The number of hydrogen-bond donors (Lipinski definition) is 0. The van der Waals surface area contributed by atoms with Crippen molar-refractivity contribution in [2.24, 2.45) is 0 Å². The summed E-state index contributed by atoms with van der Waals surface area (Å²) in [6.45, 7) is 6.31. The largest absolute Gasteiger partial charge is 0.379 e. The van der Waals surface area contributed by atoms with Gasteiger partial charge in [-0.3, -0.25) is 14.5 Å². The molecule has 2 fully saturated rings. The number of hydrogen-bond acceptors (Lipinski definition) is 5. The molecule has 0 radical (unpaired) electrons. The van der Waals surface area contributed by atoms with E-state index in [9.17, 15) is 9.59 Å². The van der Waals surface area contributed by atoms with Gasteiger partial charge < -0.3 is 19.3 Å². The molecule has 2 aliphatic heterocycles. The Kier molecular flexibility index (Phi) is 8.34. The second-order valence-corrected chi connectivity index (χ2v) is 8.70. The van der Waals surface area contributed by atoms with Gasteiger partial charge >= 0.3 is 0 Å². The van der Waals surface area contributed by atoms with E-state index in [1.807, 2.05) is 47.4 Å². The first-order chi connectivity index (χ1) is 16.1. The van der Waals surface area contributed by atoms with Crippen molar-refractivity contribution in [2.45, 2.75) is 6.10 Å². The summed E-state index contributed by atoms with van der Waals surface area (Å²) in [7, 11) is 0. The van der Waals surface area contributed by atoms with Crippen molar-refractivity contribution in [3.05, 3.63) is 70.7 Å². The van der Waals surface area contributed by atoms with Crippen molar-refractivity contribution in [3.63, 3.8) is 0 Å². The maximum Gasteiger partial charge on any atom is 0.255 e. The van der Waals surface area contributed by atoms with Crippen molar-refractivity contribution in [1.82, 2.24) is 14.7 Å². The van der Waals surface area contributed by atoms with Crippen molar-refractivity contribution in [3.8, 4) is 0 Å². The molecular formula is C25H30ClN3O4. The van der Waals surface area contributed by atoms with Crippen molar-refractivity contribution >= 4 is 23.4 Å². The number of carbonyl (C=O) groups excluding carboxylic acids is 2. The van der Waals surface area contributed by atoms with Gasteiger partial charge in [0.15, 0.2) is 0 Å². The maximum atomic E-state index is 13.3. The Morgan fingerprint density at radius 3 is 2.45 bits per heavy atom. The number of nitrogens with zero attached hydrogens (tertiary/aromatic N) is 3. The second kappa shape index (κ2) is 11.6. The zero-order valence-corrected chi connectivity index (χ0v) is 19.5. The van der Waals surface area contributed by atoms with Crippen molar-refractivity contribution in [1.29, 1.82) is 0 Å². The first kappa shape index (κ1) is 23.7. The molecule has 176 valence electrons. The highest BCUT2D eigenvalue weighted by Gasteiger charge is 2.29. The fourth-order valence-electron chi connectivity index (χ4n) is 4.19. The molecule has 7 nitrogen and oxygen atoms in total. The van der Waals surface area contributed by atoms with Crippen molar-refractivity contribution < 1.29 is 19.1 Å². The van der Waals surface area contributed by atoms with Crippen LogP contribution in [-0.2, 0) is 9.47 Å². The van der Waals surface area contributed by atoms with Gasteiger partial charge in [0.1, 0.15) is 0 Å². The van der Waals surface area contributed by atoms with Gasteiger partial charge in [0.05, 0.1) is 36.5 Å². The van der Waals surface area contributed by atoms with E-state index in [4.69, 9.17) is 21.1 Å². The Bertz CT molecular complexity index is 936. The van der Waals surface area contributed by atoms with Crippen LogP contribution in [0.2, 0.25) is 5.02 Å². The molecule has 0 aromatic heterocycles. The summed E-state index contributed by atoms with van der Waals surface area (Å²) in [6, 6.07) is 16.4. The molecule has 2 amide bonds. The van der Waals surface area contributed by atoms with E-state index in [1.165, 1.54) is 0 Å². The second-order valence-electron chi connectivity index (χ2n) is 8.30. The zero-order valence-electron chi connectivity index (χ0n) is 18.7. The first-order valence-electron chi connectivity index (χ1n) is 11.4. The highest BCUT2D eigenvalue weighted by Crippen LogP contribution is 2.19. The average molecular weight is 472 g/mol. The number of morpholine rings is 2. The minimum Gasteiger partial charge on any atom is -0.379 e. The normalized spacial score (nSPS) is 19.3. The molecule has 0 saturated carbocycles. The first-order valence-corrected chi connectivity index (χ1v) is 11.8. The summed E-state index contributed by atoms with van der Waals surface area (Å²) >= 11 is 6.24. The van der Waals surface area contributed by atoms with E-state index in [0.717, 1.165) is 32.8 Å². The molecule has 1 unspecified atom stereocenters. The number of ether oxygens (including phenoxy) is 2. The topological polar surface area (TPSA) is 62.3 Å². The number of carbonyl (C=O) groups is 2. The van der Waals surface area contributed by atoms with Crippen LogP contribution in [0.3, 0.4) is 0 Å². The fourth-order valence-corrected chi connectivity index (χ4v) is 4.41. The molecule has 2 saturated heterocycles. The molecule has 8 heteroatoms. The van der Waals surface area contributed by atoms with E-state index in [2.05, 4.69) is 4.90 Å². The molecule has 0 aliphatic carbocycles. The van der Waals surface area contributed by atoms with Gasteiger partial charge in [-0.2, -0.15) is 0 Å². The van der Waals surface area contributed by atoms with E-state index in [1.54, 1.807) is 17.0 Å². The van der Waals surface area contributed by atoms with Crippen LogP contribution in [-0.4, -0.2) is 98.3 Å². The Hall–Kier alpha value is -2.45. The number of rotatable bonds is 7. The summed E-state index contributed by atoms with van der Waals surface area (Å²) in [5, 5.41) is 0.442. The lowest BCUT2D eigenvalue weighted by Crippen LogP contribution is -2.52. The minimum atomic E-state index is -0.262. The Labute approximate surface area is 199 Å². The molecule has 2 aliphatic rings. The van der Waals surface area contributed by atoms with Crippen LogP contribution < -0.4 is 0 Å². The van der Waals surface area contributed by atoms with Crippen LogP contribution in [0.25, 0.3) is 0 Å². The van der Waals surface area contributed by atoms with E-state index in [-0.39, 0.29) is 17.9 Å². The molecular weight excluding hydrogens is 442 g/mol. The van der Waals surface area contributed by atoms with Crippen LogP contribution >= 0.6 is 11.6 Å². The smallest absolute Gasteiger partial charge is 0.255 e. The zero-order chi connectivity index (χ0) is 23.0. The van der Waals surface area contributed by atoms with Gasteiger partial charge in [0, 0.05) is 51.4 Å². The summed E-state index contributed by atoms with van der Waals surface area (Å²) < 4.78 is 11.4. The number of benzene rings is 2. The Morgan fingerprint density at radius 2 is 1.70 bits per heavy atom. The number of amides is 2. The van der Waals surface area contributed by atoms with Gasteiger partial charge in [-0.25, -0.2) is 0 Å². The van der Waals surface area contributed by atoms with Crippen LogP contribution in [0.15, 0.2) is 54.6 Å². The third kappa shape index (κ3) is 6.32. The van der Waals surface area contributed by atoms with Gasteiger partial charge in [-0.05, 0) is 24.3 Å². The monoisotopic (exact) mass is 471 g/mol. The lowest BCUT2D eigenvalue weighted by atomic mass is 10.1. The molecule has 4 rings (SSSR count). The molecule has 0 N–H and O–H groups in total. The molecule has 2 aromatic carbocycles. The minimum absolute atomic E-state index is 0.0259. The molecule has 0 spiro atoms. The summed E-state index contributed by atoms with van der Waals surface area (Å²) in [5.74, 6) is -0.134. The van der Waals surface area contributed by atoms with Gasteiger partial charge in [0.2, 0.25) is 0 Å². The summed E-state index contributed by atoms with van der Waals surface area (Å²) in [4.78, 5) is 32.3. The van der Waals surface area contributed by atoms with E-state index in [0.29, 0.717) is 48.9 Å². The van der Waals surface area contributed by atoms with Gasteiger partial charge in [-0.15, -0.1) is 0 Å². The predicted molar refractivity (Wildman–Crippen MR) is 127 cm³/mol. The van der Waals surface area contributed by atoms with E-state index < -0.39 is 0 Å². The molecule has 1 atom stereocenters. The molecule has 2 aromatic rings. The van der Waals surface area contributed by atoms with Gasteiger partial charge in [-0.1, -0.05) is 41.9 Å². The highest BCUT2D eigenvalue weighted by atomic mass is 35.5. The van der Waals surface area contributed by atoms with Crippen LogP contribution in [0, 0.1) is 0 Å². The Morgan fingerprint density at radius 1 is 0.970 bits per heavy atom. The molecule has 2 heterocycles. The Balaban J connectivity index is 1.43. The van der Waals surface area contributed by atoms with Crippen LogP contribution in [0.4, 0.5) is 0 Å². The van der Waals surface area contributed by atoms with E-state index >= 15 is 0 Å². The average Bonchev–Trinajstić information content (AvgIpc) is 2.87.